The molecule has 30 heavy (non-hydrogen) atoms. The number of carbonyl (C=O) groups is 1. The Balaban J connectivity index is 2.09. The molecule has 0 aromatic heterocycles. The molecule has 0 saturated heterocycles. The van der Waals surface area contributed by atoms with Gasteiger partial charge in [0.15, 0.2) is 5.11 Å². The van der Waals surface area contributed by atoms with Crippen molar-refractivity contribution < 1.29 is 14.6 Å². The third-order valence-corrected chi connectivity index (χ3v) is 4.41. The van der Waals surface area contributed by atoms with Crippen LogP contribution in [0.2, 0.25) is 0 Å². The minimum atomic E-state index is -2.04. The summed E-state index contributed by atoms with van der Waals surface area (Å²) in [4.78, 5) is 32.8. The van der Waals surface area contributed by atoms with Gasteiger partial charge in [-0.3, -0.25) is 25.0 Å². The first-order valence-corrected chi connectivity index (χ1v) is 9.45. The van der Waals surface area contributed by atoms with Crippen LogP contribution in [0.3, 0.4) is 0 Å². The SMILES string of the molecule is O=C(N[C@@H](NC(=S)Nc1ccc([N+](=O)[O-])cc1)C(Cl)(Cl)Cl)c1cccc([N+](=O)[O-])c1. The number of rotatable bonds is 6. The van der Waals surface area contributed by atoms with Crippen molar-refractivity contribution in [2.75, 3.05) is 5.32 Å². The van der Waals surface area contributed by atoms with Crippen LogP contribution >= 0.6 is 47.0 Å². The van der Waals surface area contributed by atoms with Gasteiger partial charge >= 0.3 is 0 Å². The number of nitro benzene ring substituents is 2. The summed E-state index contributed by atoms with van der Waals surface area (Å²) in [7, 11) is 0. The quantitative estimate of drug-likeness (QED) is 0.181. The molecule has 2 aromatic rings. The molecule has 0 aliphatic carbocycles. The topological polar surface area (TPSA) is 139 Å². The van der Waals surface area contributed by atoms with Gasteiger partial charge in [0.05, 0.1) is 9.85 Å². The fraction of sp³-hybridized carbons (Fsp3) is 0.125. The van der Waals surface area contributed by atoms with Gasteiger partial charge < -0.3 is 16.0 Å². The van der Waals surface area contributed by atoms with Crippen molar-refractivity contribution in [1.82, 2.24) is 10.6 Å². The third kappa shape index (κ3) is 6.66. The van der Waals surface area contributed by atoms with Gasteiger partial charge in [-0.05, 0) is 30.4 Å². The van der Waals surface area contributed by atoms with Crippen LogP contribution in [0.5, 0.6) is 0 Å². The number of non-ortho nitro benzene ring substituents is 2. The number of halogens is 3. The summed E-state index contributed by atoms with van der Waals surface area (Å²) in [6, 6.07) is 10.3. The van der Waals surface area contributed by atoms with E-state index in [9.17, 15) is 25.0 Å². The highest BCUT2D eigenvalue weighted by molar-refractivity contribution is 7.80. The summed E-state index contributed by atoms with van der Waals surface area (Å²) in [6.07, 6.45) is -1.31. The van der Waals surface area contributed by atoms with Crippen molar-refractivity contribution in [1.29, 1.82) is 0 Å². The Morgan fingerprint density at radius 3 is 2.10 bits per heavy atom. The molecule has 2 aromatic carbocycles. The van der Waals surface area contributed by atoms with Gasteiger partial charge in [-0.15, -0.1) is 0 Å². The molecule has 2 rings (SSSR count). The molecule has 0 aliphatic rings. The Hall–Kier alpha value is -2.73. The predicted molar refractivity (Wildman–Crippen MR) is 117 cm³/mol. The first-order valence-electron chi connectivity index (χ1n) is 7.91. The van der Waals surface area contributed by atoms with E-state index >= 15 is 0 Å². The normalized spacial score (nSPS) is 11.8. The fourth-order valence-corrected chi connectivity index (χ4v) is 2.70. The molecule has 0 aliphatic heterocycles. The number of carbonyl (C=O) groups excluding carboxylic acids is 1. The van der Waals surface area contributed by atoms with Crippen molar-refractivity contribution in [2.45, 2.75) is 9.96 Å². The van der Waals surface area contributed by atoms with Crippen molar-refractivity contribution in [3.05, 3.63) is 74.3 Å². The number of nitrogens with zero attached hydrogens (tertiary/aromatic N) is 2. The van der Waals surface area contributed by atoms with Crippen LogP contribution in [0.15, 0.2) is 48.5 Å². The predicted octanol–water partition coefficient (Wildman–Crippen LogP) is 3.92. The molecular formula is C16H12Cl3N5O5S. The Morgan fingerprint density at radius 1 is 0.967 bits per heavy atom. The maximum atomic E-state index is 12.4. The molecule has 0 fully saturated rings. The average Bonchev–Trinajstić information content (AvgIpc) is 2.67. The van der Waals surface area contributed by atoms with Crippen LogP contribution in [-0.2, 0) is 0 Å². The van der Waals surface area contributed by atoms with Crippen molar-refractivity contribution in [3.63, 3.8) is 0 Å². The Kier molecular flexibility index (Phi) is 7.73. The fourth-order valence-electron chi connectivity index (χ4n) is 2.14. The minimum Gasteiger partial charge on any atom is -0.339 e. The van der Waals surface area contributed by atoms with Gasteiger partial charge in [0.2, 0.25) is 3.79 Å². The zero-order valence-corrected chi connectivity index (χ0v) is 17.8. The van der Waals surface area contributed by atoms with Crippen molar-refractivity contribution >= 4 is 75.1 Å². The lowest BCUT2D eigenvalue weighted by Gasteiger charge is -2.27. The van der Waals surface area contributed by atoms with E-state index in [-0.39, 0.29) is 22.1 Å². The lowest BCUT2D eigenvalue weighted by Crippen LogP contribution is -2.56. The Morgan fingerprint density at radius 2 is 1.57 bits per heavy atom. The zero-order valence-electron chi connectivity index (χ0n) is 14.7. The number of benzene rings is 2. The third-order valence-electron chi connectivity index (χ3n) is 3.53. The van der Waals surface area contributed by atoms with Gasteiger partial charge in [0.25, 0.3) is 17.3 Å². The molecule has 14 heteroatoms. The Labute approximate surface area is 189 Å². The second-order valence-electron chi connectivity index (χ2n) is 5.66. The molecule has 158 valence electrons. The number of alkyl halides is 3. The average molecular weight is 493 g/mol. The maximum Gasteiger partial charge on any atom is 0.270 e. The number of nitrogens with one attached hydrogen (secondary N) is 3. The summed E-state index contributed by atoms with van der Waals surface area (Å²) in [5, 5.41) is 29.2. The zero-order chi connectivity index (χ0) is 22.5. The molecule has 0 spiro atoms. The number of hydrogen-bond donors (Lipinski definition) is 3. The van der Waals surface area contributed by atoms with Crippen LogP contribution in [0, 0.1) is 20.2 Å². The summed E-state index contributed by atoms with van der Waals surface area (Å²) in [5.41, 5.74) is -0.00936. The van der Waals surface area contributed by atoms with Gasteiger partial charge in [-0.25, -0.2) is 0 Å². The smallest absolute Gasteiger partial charge is 0.270 e. The van der Waals surface area contributed by atoms with Gasteiger partial charge in [-0.2, -0.15) is 0 Å². The van der Waals surface area contributed by atoms with E-state index in [1.54, 1.807) is 0 Å². The van der Waals surface area contributed by atoms with E-state index in [2.05, 4.69) is 16.0 Å². The van der Waals surface area contributed by atoms with Gasteiger partial charge in [0, 0.05) is 35.5 Å². The molecule has 0 heterocycles. The second-order valence-corrected chi connectivity index (χ2v) is 8.44. The summed E-state index contributed by atoms with van der Waals surface area (Å²) < 4.78 is -2.04. The number of anilines is 1. The van der Waals surface area contributed by atoms with E-state index in [0.29, 0.717) is 5.69 Å². The van der Waals surface area contributed by atoms with Crippen molar-refractivity contribution in [3.8, 4) is 0 Å². The molecule has 0 radical (unpaired) electrons. The number of nitro groups is 2. The highest BCUT2D eigenvalue weighted by Crippen LogP contribution is 2.29. The van der Waals surface area contributed by atoms with Crippen LogP contribution < -0.4 is 16.0 Å². The largest absolute Gasteiger partial charge is 0.339 e. The van der Waals surface area contributed by atoms with Gasteiger partial charge in [0.1, 0.15) is 6.17 Å². The summed E-state index contributed by atoms with van der Waals surface area (Å²) in [5.74, 6) is -0.749. The van der Waals surface area contributed by atoms with E-state index in [0.717, 1.165) is 6.07 Å². The lowest BCUT2D eigenvalue weighted by atomic mass is 10.2. The monoisotopic (exact) mass is 491 g/mol. The Bertz CT molecular complexity index is 984. The minimum absolute atomic E-state index is 0.0282. The summed E-state index contributed by atoms with van der Waals surface area (Å²) >= 11 is 22.8. The van der Waals surface area contributed by atoms with Crippen LogP contribution in [0.1, 0.15) is 10.4 Å². The molecule has 0 bridgehead atoms. The van der Waals surface area contributed by atoms with E-state index in [4.69, 9.17) is 47.0 Å². The van der Waals surface area contributed by atoms with Gasteiger partial charge in [-0.1, -0.05) is 40.9 Å². The maximum absolute atomic E-state index is 12.4. The molecule has 10 nitrogen and oxygen atoms in total. The number of thiocarbonyl (C=S) groups is 1. The van der Waals surface area contributed by atoms with Crippen molar-refractivity contribution in [2.24, 2.45) is 0 Å². The van der Waals surface area contributed by atoms with Crippen LogP contribution in [0.4, 0.5) is 17.1 Å². The molecule has 0 unspecified atom stereocenters. The first kappa shape index (κ1) is 23.5. The molecular weight excluding hydrogens is 481 g/mol. The van der Waals surface area contributed by atoms with E-state index in [1.807, 2.05) is 0 Å². The highest BCUT2D eigenvalue weighted by Gasteiger charge is 2.35. The molecule has 3 N–H and O–H groups in total. The number of amides is 1. The van der Waals surface area contributed by atoms with Crippen LogP contribution in [-0.4, -0.2) is 30.8 Å². The molecule has 1 atom stereocenters. The van der Waals surface area contributed by atoms with E-state index in [1.165, 1.54) is 42.5 Å². The highest BCUT2D eigenvalue weighted by atomic mass is 35.6. The second kappa shape index (κ2) is 9.85. The molecule has 1 amide bonds. The lowest BCUT2D eigenvalue weighted by molar-refractivity contribution is -0.385. The van der Waals surface area contributed by atoms with E-state index < -0.39 is 25.7 Å². The first-order chi connectivity index (χ1) is 14.0. The summed E-state index contributed by atoms with van der Waals surface area (Å²) in [6.45, 7) is 0. The number of hydrogen-bond acceptors (Lipinski definition) is 6. The van der Waals surface area contributed by atoms with Crippen LogP contribution in [0.25, 0.3) is 0 Å². The molecule has 0 saturated carbocycles. The standard InChI is InChI=1S/C16H12Cl3N5O5S/c17-16(18,19)14(21-13(25)9-2-1-3-12(8-9)24(28)29)22-15(30)20-10-4-6-11(7-5-10)23(26)27/h1-8,14H,(H,21,25)(H2,20,22,30)/t14-/m0/s1.